The Labute approximate surface area is 90.4 Å². The zero-order valence-corrected chi connectivity index (χ0v) is 9.46. The fourth-order valence-electron chi connectivity index (χ4n) is 1.46. The first-order valence-corrected chi connectivity index (χ1v) is 4.85. The third-order valence-corrected chi connectivity index (χ3v) is 2.26. The highest BCUT2D eigenvalue weighted by atomic mass is 16.5. The third-order valence-electron chi connectivity index (χ3n) is 2.26. The van der Waals surface area contributed by atoms with Gasteiger partial charge in [0.2, 0.25) is 0 Å². The Balaban J connectivity index is 2.99. The number of hydrogen-bond donors (Lipinski definition) is 2. The number of benzene rings is 1. The molecule has 0 amide bonds. The molecule has 0 aliphatic heterocycles. The van der Waals surface area contributed by atoms with Crippen molar-refractivity contribution in [3.05, 3.63) is 23.3 Å². The molecule has 0 fully saturated rings. The minimum atomic E-state index is 0.444. The molecule has 0 aliphatic carbocycles. The standard InChI is InChI=1S/C11H18N2O2/c1-8-4-11(15-3)9(6-13-7-12)5-10(8)14-2/h4-5,13H,6-7,12H2,1-3H3. The number of methoxy groups -OCH3 is 2. The molecule has 0 heterocycles. The first kappa shape index (κ1) is 11.8. The van der Waals surface area contributed by atoms with Gasteiger partial charge < -0.3 is 20.5 Å². The van der Waals surface area contributed by atoms with E-state index in [2.05, 4.69) is 5.32 Å². The first-order chi connectivity index (χ1) is 7.22. The maximum atomic E-state index is 5.39. The van der Waals surface area contributed by atoms with E-state index in [1.54, 1.807) is 14.2 Å². The van der Waals surface area contributed by atoms with Crippen LogP contribution in [0.4, 0.5) is 0 Å². The minimum absolute atomic E-state index is 0.444. The van der Waals surface area contributed by atoms with Crippen molar-refractivity contribution in [2.24, 2.45) is 5.73 Å². The predicted octanol–water partition coefficient (Wildman–Crippen LogP) is 1.02. The molecule has 0 unspecified atom stereocenters. The van der Waals surface area contributed by atoms with E-state index < -0.39 is 0 Å². The maximum absolute atomic E-state index is 5.39. The summed E-state index contributed by atoms with van der Waals surface area (Å²) in [6.45, 7) is 3.11. The molecule has 0 saturated carbocycles. The Morgan fingerprint density at radius 3 is 2.40 bits per heavy atom. The number of aryl methyl sites for hydroxylation is 1. The minimum Gasteiger partial charge on any atom is -0.496 e. The van der Waals surface area contributed by atoms with Gasteiger partial charge in [0.05, 0.1) is 14.2 Å². The summed E-state index contributed by atoms with van der Waals surface area (Å²) < 4.78 is 10.5. The molecule has 4 nitrogen and oxygen atoms in total. The van der Waals surface area contributed by atoms with Crippen LogP contribution in [-0.2, 0) is 6.54 Å². The SMILES string of the molecule is COc1cc(CNCN)c(OC)cc1C. The third kappa shape index (κ3) is 2.84. The second-order valence-electron chi connectivity index (χ2n) is 3.26. The van der Waals surface area contributed by atoms with Gasteiger partial charge in [0.25, 0.3) is 0 Å². The summed E-state index contributed by atoms with van der Waals surface area (Å²) in [5, 5.41) is 3.05. The van der Waals surface area contributed by atoms with Crippen LogP contribution in [0.25, 0.3) is 0 Å². The molecule has 0 aliphatic rings. The molecule has 0 spiro atoms. The lowest BCUT2D eigenvalue weighted by molar-refractivity contribution is 0.395. The molecular weight excluding hydrogens is 192 g/mol. The van der Waals surface area contributed by atoms with Crippen LogP contribution in [-0.4, -0.2) is 20.9 Å². The smallest absolute Gasteiger partial charge is 0.123 e. The Hall–Kier alpha value is -1.26. The predicted molar refractivity (Wildman–Crippen MR) is 60.2 cm³/mol. The summed E-state index contributed by atoms with van der Waals surface area (Å²) in [5.74, 6) is 1.72. The number of hydrogen-bond acceptors (Lipinski definition) is 4. The van der Waals surface area contributed by atoms with Crippen molar-refractivity contribution in [3.63, 3.8) is 0 Å². The normalized spacial score (nSPS) is 10.1. The largest absolute Gasteiger partial charge is 0.496 e. The van der Waals surface area contributed by atoms with Crippen LogP contribution in [0.5, 0.6) is 11.5 Å². The Bertz CT molecular complexity index is 327. The van der Waals surface area contributed by atoms with Gasteiger partial charge in [0.1, 0.15) is 11.5 Å². The van der Waals surface area contributed by atoms with Gasteiger partial charge in [-0.3, -0.25) is 0 Å². The van der Waals surface area contributed by atoms with Crippen LogP contribution in [0.2, 0.25) is 0 Å². The second kappa shape index (κ2) is 5.58. The van der Waals surface area contributed by atoms with Gasteiger partial charge in [-0.2, -0.15) is 0 Å². The number of rotatable bonds is 5. The summed E-state index contributed by atoms with van der Waals surface area (Å²) >= 11 is 0. The molecule has 0 bridgehead atoms. The first-order valence-electron chi connectivity index (χ1n) is 4.85. The highest BCUT2D eigenvalue weighted by Gasteiger charge is 2.07. The number of ether oxygens (including phenoxy) is 2. The van der Waals surface area contributed by atoms with Gasteiger partial charge in [-0.1, -0.05) is 0 Å². The molecule has 1 rings (SSSR count). The van der Waals surface area contributed by atoms with Gasteiger partial charge in [-0.15, -0.1) is 0 Å². The highest BCUT2D eigenvalue weighted by molar-refractivity contribution is 5.45. The Morgan fingerprint density at radius 1 is 1.20 bits per heavy atom. The van der Waals surface area contributed by atoms with E-state index in [4.69, 9.17) is 15.2 Å². The Morgan fingerprint density at radius 2 is 1.87 bits per heavy atom. The Kier molecular flexibility index (Phi) is 4.39. The van der Waals surface area contributed by atoms with Crippen LogP contribution in [0.3, 0.4) is 0 Å². The molecule has 84 valence electrons. The number of nitrogens with one attached hydrogen (secondary N) is 1. The van der Waals surface area contributed by atoms with Gasteiger partial charge in [0, 0.05) is 18.8 Å². The molecule has 3 N–H and O–H groups in total. The molecule has 0 saturated heterocycles. The van der Waals surface area contributed by atoms with E-state index in [9.17, 15) is 0 Å². The lowest BCUT2D eigenvalue weighted by atomic mass is 10.1. The van der Waals surface area contributed by atoms with E-state index in [0.717, 1.165) is 22.6 Å². The zero-order valence-electron chi connectivity index (χ0n) is 9.46. The fourth-order valence-corrected chi connectivity index (χ4v) is 1.46. The van der Waals surface area contributed by atoms with Crippen molar-refractivity contribution in [3.8, 4) is 11.5 Å². The summed E-state index contributed by atoms with van der Waals surface area (Å²) in [4.78, 5) is 0. The van der Waals surface area contributed by atoms with Gasteiger partial charge >= 0.3 is 0 Å². The maximum Gasteiger partial charge on any atom is 0.123 e. The van der Waals surface area contributed by atoms with Gasteiger partial charge in [-0.05, 0) is 24.6 Å². The molecule has 0 aromatic heterocycles. The molecule has 0 atom stereocenters. The molecule has 4 heteroatoms. The van der Waals surface area contributed by atoms with Crippen LogP contribution < -0.4 is 20.5 Å². The lowest BCUT2D eigenvalue weighted by Crippen LogP contribution is -2.21. The summed E-state index contributed by atoms with van der Waals surface area (Å²) in [7, 11) is 3.32. The molecule has 15 heavy (non-hydrogen) atoms. The van der Waals surface area contributed by atoms with Crippen molar-refractivity contribution in [1.82, 2.24) is 5.32 Å². The number of nitrogens with two attached hydrogens (primary N) is 1. The summed E-state index contributed by atoms with van der Waals surface area (Å²) in [6, 6.07) is 3.93. The zero-order chi connectivity index (χ0) is 11.3. The lowest BCUT2D eigenvalue weighted by Gasteiger charge is -2.13. The van der Waals surface area contributed by atoms with Crippen LogP contribution >= 0.6 is 0 Å². The molecule has 1 aromatic rings. The van der Waals surface area contributed by atoms with E-state index in [0.29, 0.717) is 13.2 Å². The van der Waals surface area contributed by atoms with E-state index >= 15 is 0 Å². The summed E-state index contributed by atoms with van der Waals surface area (Å²) in [6.07, 6.45) is 0. The van der Waals surface area contributed by atoms with Crippen molar-refractivity contribution in [1.29, 1.82) is 0 Å². The monoisotopic (exact) mass is 210 g/mol. The topological polar surface area (TPSA) is 56.5 Å². The van der Waals surface area contributed by atoms with Crippen LogP contribution in [0.1, 0.15) is 11.1 Å². The van der Waals surface area contributed by atoms with Crippen molar-refractivity contribution in [2.75, 3.05) is 20.9 Å². The molecular formula is C11H18N2O2. The average Bonchev–Trinajstić information content (AvgIpc) is 2.26. The molecule has 0 radical (unpaired) electrons. The van der Waals surface area contributed by atoms with E-state index in [-0.39, 0.29) is 0 Å². The second-order valence-corrected chi connectivity index (χ2v) is 3.26. The van der Waals surface area contributed by atoms with Crippen molar-refractivity contribution < 1.29 is 9.47 Å². The van der Waals surface area contributed by atoms with Crippen LogP contribution in [0.15, 0.2) is 12.1 Å². The average molecular weight is 210 g/mol. The van der Waals surface area contributed by atoms with Gasteiger partial charge in [-0.25, -0.2) is 0 Å². The summed E-state index contributed by atoms with van der Waals surface area (Å²) in [5.41, 5.74) is 7.49. The quantitative estimate of drug-likeness (QED) is 0.712. The van der Waals surface area contributed by atoms with Crippen molar-refractivity contribution in [2.45, 2.75) is 13.5 Å². The highest BCUT2D eigenvalue weighted by Crippen LogP contribution is 2.27. The van der Waals surface area contributed by atoms with Gasteiger partial charge in [0.15, 0.2) is 0 Å². The van der Waals surface area contributed by atoms with E-state index in [1.165, 1.54) is 0 Å². The van der Waals surface area contributed by atoms with E-state index in [1.807, 2.05) is 19.1 Å². The van der Waals surface area contributed by atoms with Crippen LogP contribution in [0, 0.1) is 6.92 Å². The molecule has 1 aromatic carbocycles. The fraction of sp³-hybridized carbons (Fsp3) is 0.455. The van der Waals surface area contributed by atoms with Crippen molar-refractivity contribution >= 4 is 0 Å².